The molecule has 3 N–H and O–H groups in total. The van der Waals surface area contributed by atoms with Crippen molar-refractivity contribution in [2.45, 2.75) is 57.8 Å². The van der Waals surface area contributed by atoms with Gasteiger partial charge in [0.2, 0.25) is 0 Å². The molecule has 3 heterocycles. The van der Waals surface area contributed by atoms with E-state index in [1.165, 1.54) is 18.4 Å². The van der Waals surface area contributed by atoms with Crippen LogP contribution in [0.3, 0.4) is 0 Å². The first-order valence-electron chi connectivity index (χ1n) is 10.7. The molecule has 35 heavy (non-hydrogen) atoms. The van der Waals surface area contributed by atoms with Gasteiger partial charge >= 0.3 is 12.1 Å². The normalized spacial score (nSPS) is 14.8. The number of hydrogen-bond donors (Lipinski definition) is 3. The van der Waals surface area contributed by atoms with Gasteiger partial charge in [-0.25, -0.2) is 9.78 Å². The zero-order valence-corrected chi connectivity index (χ0v) is 19.6. The highest BCUT2D eigenvalue weighted by Crippen LogP contribution is 2.27. The second-order valence-corrected chi connectivity index (χ2v) is 9.38. The second kappa shape index (κ2) is 12.2. The summed E-state index contributed by atoms with van der Waals surface area (Å²) in [4.78, 5) is 31.3. The number of nitrogens with one attached hydrogen (secondary N) is 2. The zero-order chi connectivity index (χ0) is 24.9. The maximum atomic E-state index is 12.3. The lowest BCUT2D eigenvalue weighted by Gasteiger charge is -2.31. The third kappa shape index (κ3) is 7.82. The number of hydrogen-bond acceptors (Lipinski definition) is 6. The monoisotopic (exact) mass is 513 g/mol. The fraction of sp³-hybridized carbons (Fsp3) is 0.478. The third-order valence-electron chi connectivity index (χ3n) is 5.55. The molecule has 0 spiro atoms. The summed E-state index contributed by atoms with van der Waals surface area (Å²) in [6.45, 7) is 7.25. The zero-order valence-electron chi connectivity index (χ0n) is 18.8. The minimum Gasteiger partial charge on any atom is -0.475 e. The minimum absolute atomic E-state index is 0. The molecule has 0 amide bonds. The summed E-state index contributed by atoms with van der Waals surface area (Å²) >= 11 is 1.91. The molecule has 1 aliphatic heterocycles. The lowest BCUT2D eigenvalue weighted by molar-refractivity contribution is -0.192. The highest BCUT2D eigenvalue weighted by Gasteiger charge is 2.38. The van der Waals surface area contributed by atoms with Crippen LogP contribution >= 0.6 is 11.8 Å². The number of para-hydroxylation sites is 1. The van der Waals surface area contributed by atoms with E-state index in [0.717, 1.165) is 48.0 Å². The van der Waals surface area contributed by atoms with Gasteiger partial charge in [0.25, 0.3) is 5.56 Å². The Hall–Kier alpha value is -2.86. The molecule has 0 unspecified atom stereocenters. The first-order valence-corrected chi connectivity index (χ1v) is 11.7. The number of aliphatic carboxylic acids is 1. The number of benzene rings is 1. The van der Waals surface area contributed by atoms with Crippen LogP contribution in [0.15, 0.2) is 29.2 Å². The van der Waals surface area contributed by atoms with E-state index in [4.69, 9.17) is 14.9 Å². The van der Waals surface area contributed by atoms with Crippen LogP contribution in [0.1, 0.15) is 42.9 Å². The van der Waals surface area contributed by atoms with E-state index in [1.54, 1.807) is 0 Å². The van der Waals surface area contributed by atoms with E-state index in [0.29, 0.717) is 10.6 Å². The number of likely N-dealkylation sites (tertiary alicyclic amines) is 1. The van der Waals surface area contributed by atoms with Gasteiger partial charge in [-0.3, -0.25) is 14.8 Å². The maximum absolute atomic E-state index is 12.3. The summed E-state index contributed by atoms with van der Waals surface area (Å²) in [7, 11) is 0. The second-order valence-electron chi connectivity index (χ2n) is 8.09. The van der Waals surface area contributed by atoms with Gasteiger partial charge in [-0.1, -0.05) is 19.6 Å². The van der Waals surface area contributed by atoms with Gasteiger partial charge < -0.3 is 10.1 Å². The number of carboxylic acid groups (broad SMARTS) is 1. The summed E-state index contributed by atoms with van der Waals surface area (Å²) in [5.74, 6) is -1.22. The number of H-pyrrole nitrogens is 2. The van der Waals surface area contributed by atoms with Crippen LogP contribution in [0, 0.1) is 13.8 Å². The van der Waals surface area contributed by atoms with E-state index in [-0.39, 0.29) is 13.0 Å². The first-order chi connectivity index (χ1) is 16.0. The number of fused-ring (bicyclic) bond motifs is 1. The Balaban J connectivity index is 0.000000476. The molecule has 1 aromatic carbocycles. The van der Waals surface area contributed by atoms with E-state index in [1.807, 2.05) is 43.1 Å². The number of carbonyl (C=O) groups is 1. The molecular formula is C23H30F3N5O3S. The van der Waals surface area contributed by atoms with Crippen molar-refractivity contribution in [3.05, 3.63) is 57.4 Å². The molecule has 12 heteroatoms. The summed E-state index contributed by atoms with van der Waals surface area (Å²) in [5, 5.41) is 15.5. The predicted octanol–water partition coefficient (Wildman–Crippen LogP) is 4.43. The highest BCUT2D eigenvalue weighted by atomic mass is 32.2. The van der Waals surface area contributed by atoms with Crippen LogP contribution in [0.5, 0.6) is 0 Å². The van der Waals surface area contributed by atoms with Crippen LogP contribution in [0.25, 0.3) is 10.9 Å². The number of nitrogens with zero attached hydrogens (tertiary/aromatic N) is 3. The summed E-state index contributed by atoms with van der Waals surface area (Å²) in [6.07, 6.45) is -0.823. The Morgan fingerprint density at radius 3 is 2.49 bits per heavy atom. The quantitative estimate of drug-likeness (QED) is 0.462. The largest absolute Gasteiger partial charge is 0.490 e. The number of aryl methyl sites for hydroxylation is 2. The lowest BCUT2D eigenvalue weighted by atomic mass is 10.1. The van der Waals surface area contributed by atoms with Gasteiger partial charge in [0.15, 0.2) is 0 Å². The average molecular weight is 514 g/mol. The molecule has 1 aliphatic rings. The molecule has 4 rings (SSSR count). The van der Waals surface area contributed by atoms with Crippen LogP contribution in [0.4, 0.5) is 13.2 Å². The van der Waals surface area contributed by atoms with E-state index < -0.39 is 12.1 Å². The van der Waals surface area contributed by atoms with E-state index in [2.05, 4.69) is 27.0 Å². The van der Waals surface area contributed by atoms with Crippen LogP contribution in [-0.4, -0.2) is 60.7 Å². The molecule has 1 fully saturated rings. The van der Waals surface area contributed by atoms with Crippen molar-refractivity contribution < 1.29 is 23.1 Å². The molecular weight excluding hydrogens is 483 g/mol. The third-order valence-corrected chi connectivity index (χ3v) is 6.93. The number of alkyl halides is 3. The SMILES string of the molecule is C.Cc1[nH]ncc1CN1CCC(SCc2nc3c(C)cccc3c(=O)[nH]2)CC1.O=C(O)C(F)(F)F. The van der Waals surface area contributed by atoms with Gasteiger partial charge in [-0.15, -0.1) is 0 Å². The van der Waals surface area contributed by atoms with Crippen molar-refractivity contribution in [2.24, 2.45) is 0 Å². The number of rotatable bonds is 5. The molecule has 192 valence electrons. The Kier molecular flexibility index (Phi) is 9.90. The van der Waals surface area contributed by atoms with Gasteiger partial charge in [0, 0.05) is 23.1 Å². The van der Waals surface area contributed by atoms with E-state index >= 15 is 0 Å². The highest BCUT2D eigenvalue weighted by molar-refractivity contribution is 7.99. The number of halogens is 3. The van der Waals surface area contributed by atoms with Crippen molar-refractivity contribution in [1.82, 2.24) is 25.1 Å². The summed E-state index contributed by atoms with van der Waals surface area (Å²) in [5.41, 5.74) is 4.28. The number of aromatic nitrogens is 4. The van der Waals surface area contributed by atoms with Gasteiger partial charge in [-0.05, 0) is 51.4 Å². The van der Waals surface area contributed by atoms with Crippen molar-refractivity contribution >= 4 is 28.6 Å². The number of thioether (sulfide) groups is 1. The Labute approximate surface area is 205 Å². The molecule has 1 saturated heterocycles. The number of piperidine rings is 1. The maximum Gasteiger partial charge on any atom is 0.490 e. The first kappa shape index (κ1) is 28.4. The molecule has 3 aromatic rings. The fourth-order valence-electron chi connectivity index (χ4n) is 3.63. The van der Waals surface area contributed by atoms with Gasteiger partial charge in [0.05, 0.1) is 22.9 Å². The van der Waals surface area contributed by atoms with Crippen LogP contribution < -0.4 is 5.56 Å². The molecule has 8 nitrogen and oxygen atoms in total. The van der Waals surface area contributed by atoms with Crippen molar-refractivity contribution in [2.75, 3.05) is 13.1 Å². The molecule has 0 saturated carbocycles. The van der Waals surface area contributed by atoms with Crippen molar-refractivity contribution in [3.63, 3.8) is 0 Å². The van der Waals surface area contributed by atoms with Crippen LogP contribution in [-0.2, 0) is 17.1 Å². The number of carboxylic acids is 1. The molecule has 0 atom stereocenters. The Bertz CT molecular complexity index is 1190. The topological polar surface area (TPSA) is 115 Å². The lowest BCUT2D eigenvalue weighted by Crippen LogP contribution is -2.34. The molecule has 0 aliphatic carbocycles. The summed E-state index contributed by atoms with van der Waals surface area (Å²) < 4.78 is 31.7. The summed E-state index contributed by atoms with van der Waals surface area (Å²) in [6, 6.07) is 5.74. The fourth-order valence-corrected chi connectivity index (χ4v) is 4.70. The van der Waals surface area contributed by atoms with Gasteiger partial charge in [-0.2, -0.15) is 30.0 Å². The Morgan fingerprint density at radius 2 is 1.91 bits per heavy atom. The standard InChI is InChI=1S/C20H25N5OS.C2HF3O2.CH4/c1-13-4-3-5-17-19(13)22-18(23-20(17)26)12-27-16-6-8-25(9-7-16)11-15-10-21-24-14(15)2;3-2(4,5)1(6)7;/h3-5,10,16H,6-9,11-12H2,1-2H3,(H,21,24)(H,22,23,26);(H,6,7);1H4. The van der Waals surface area contributed by atoms with Crippen molar-refractivity contribution in [1.29, 1.82) is 0 Å². The van der Waals surface area contributed by atoms with E-state index in [9.17, 15) is 18.0 Å². The molecule has 2 aromatic heterocycles. The average Bonchev–Trinajstić information content (AvgIpc) is 3.18. The minimum atomic E-state index is -5.08. The smallest absolute Gasteiger partial charge is 0.475 e. The van der Waals surface area contributed by atoms with Gasteiger partial charge in [0.1, 0.15) is 5.82 Å². The van der Waals surface area contributed by atoms with Crippen molar-refractivity contribution in [3.8, 4) is 0 Å². The predicted molar refractivity (Wildman–Crippen MR) is 130 cm³/mol. The number of aromatic amines is 2. The molecule has 0 radical (unpaired) electrons. The molecule has 0 bridgehead atoms. The Morgan fingerprint density at radius 1 is 1.26 bits per heavy atom. The van der Waals surface area contributed by atoms with Crippen LogP contribution in [0.2, 0.25) is 0 Å².